The van der Waals surface area contributed by atoms with Crippen molar-refractivity contribution in [2.24, 2.45) is 11.7 Å². The molecule has 0 radical (unpaired) electrons. The molecule has 1 rings (SSSR count). The molecule has 0 aliphatic rings. The molecule has 0 fully saturated rings. The molecule has 1 amide bonds. The number of nitrogens with one attached hydrogen (secondary N) is 1. The van der Waals surface area contributed by atoms with Gasteiger partial charge in [-0.2, -0.15) is 0 Å². The Bertz CT molecular complexity index is 409. The molecule has 0 spiro atoms. The molecule has 1 heterocycles. The van der Waals surface area contributed by atoms with Crippen molar-refractivity contribution in [3.63, 3.8) is 0 Å². The molecule has 2 atom stereocenters. The number of hydrogen-bond donors (Lipinski definition) is 2. The van der Waals surface area contributed by atoms with Gasteiger partial charge in [0.05, 0.1) is 0 Å². The van der Waals surface area contributed by atoms with Crippen LogP contribution in [0.1, 0.15) is 44.4 Å². The van der Waals surface area contributed by atoms with Crippen LogP contribution in [-0.2, 0) is 4.79 Å². The summed E-state index contributed by atoms with van der Waals surface area (Å²) >= 11 is 0. The number of hydrogen-bond acceptors (Lipinski definition) is 3. The van der Waals surface area contributed by atoms with Crippen molar-refractivity contribution in [3.8, 4) is 0 Å². The predicted octanol–water partition coefficient (Wildman–Crippen LogP) is 2.79. The number of carbonyl (C=O) groups is 1. The quantitative estimate of drug-likeness (QED) is 0.829. The van der Waals surface area contributed by atoms with Gasteiger partial charge in [0, 0.05) is 17.7 Å². The maximum Gasteiger partial charge on any atom is 0.228 e. The molecule has 0 saturated carbocycles. The van der Waals surface area contributed by atoms with E-state index >= 15 is 0 Å². The standard InChI is InChI=1S/C15H25N3O/c1-10-8-13(4)17-14(9-10)18-15(19)11(2)6-5-7-12(3)16/h8-9,11-12H,5-7,16H2,1-4H3,(H,17,18,19). The van der Waals surface area contributed by atoms with E-state index < -0.39 is 0 Å². The molecule has 1 aromatic rings. The van der Waals surface area contributed by atoms with Gasteiger partial charge >= 0.3 is 0 Å². The highest BCUT2D eigenvalue weighted by atomic mass is 16.1. The second-order valence-corrected chi connectivity index (χ2v) is 5.47. The first-order valence-electron chi connectivity index (χ1n) is 6.90. The lowest BCUT2D eigenvalue weighted by molar-refractivity contribution is -0.119. The highest BCUT2D eigenvalue weighted by Gasteiger charge is 2.13. The molecule has 0 aliphatic carbocycles. The van der Waals surface area contributed by atoms with Crippen molar-refractivity contribution < 1.29 is 4.79 Å². The van der Waals surface area contributed by atoms with Crippen molar-refractivity contribution in [3.05, 3.63) is 23.4 Å². The van der Waals surface area contributed by atoms with E-state index in [1.165, 1.54) is 0 Å². The minimum absolute atomic E-state index is 0.0126. The lowest BCUT2D eigenvalue weighted by Gasteiger charge is -2.13. The highest BCUT2D eigenvalue weighted by Crippen LogP contribution is 2.14. The number of rotatable bonds is 6. The van der Waals surface area contributed by atoms with Gasteiger partial charge in [-0.3, -0.25) is 4.79 Å². The van der Waals surface area contributed by atoms with Gasteiger partial charge in [-0.1, -0.05) is 13.3 Å². The van der Waals surface area contributed by atoms with Crippen LogP contribution in [0.15, 0.2) is 12.1 Å². The van der Waals surface area contributed by atoms with E-state index in [0.29, 0.717) is 5.82 Å². The van der Waals surface area contributed by atoms with Gasteiger partial charge in [-0.25, -0.2) is 4.98 Å². The van der Waals surface area contributed by atoms with Crippen LogP contribution in [-0.4, -0.2) is 16.9 Å². The molecule has 4 heteroatoms. The van der Waals surface area contributed by atoms with Gasteiger partial charge in [0.15, 0.2) is 0 Å². The summed E-state index contributed by atoms with van der Waals surface area (Å²) in [5, 5.41) is 2.88. The molecule has 0 aromatic carbocycles. The zero-order valence-electron chi connectivity index (χ0n) is 12.4. The summed E-state index contributed by atoms with van der Waals surface area (Å²) in [6.07, 6.45) is 2.80. The summed E-state index contributed by atoms with van der Waals surface area (Å²) in [5.74, 6) is 0.657. The Hall–Kier alpha value is -1.42. The van der Waals surface area contributed by atoms with Gasteiger partial charge in [0.2, 0.25) is 5.91 Å². The van der Waals surface area contributed by atoms with Crippen LogP contribution in [0.3, 0.4) is 0 Å². The minimum Gasteiger partial charge on any atom is -0.328 e. The Balaban J connectivity index is 2.49. The third-order valence-corrected chi connectivity index (χ3v) is 3.09. The van der Waals surface area contributed by atoms with Crippen molar-refractivity contribution in [1.29, 1.82) is 0 Å². The van der Waals surface area contributed by atoms with Gasteiger partial charge in [-0.05, 0) is 51.3 Å². The minimum atomic E-state index is -0.0126. The summed E-state index contributed by atoms with van der Waals surface area (Å²) in [4.78, 5) is 16.3. The third kappa shape index (κ3) is 5.83. The molecule has 0 aliphatic heterocycles. The van der Waals surface area contributed by atoms with Crippen LogP contribution in [0.5, 0.6) is 0 Å². The van der Waals surface area contributed by atoms with Gasteiger partial charge in [-0.15, -0.1) is 0 Å². The lowest BCUT2D eigenvalue weighted by Crippen LogP contribution is -2.22. The largest absolute Gasteiger partial charge is 0.328 e. The summed E-state index contributed by atoms with van der Waals surface area (Å²) in [5.41, 5.74) is 7.72. The molecule has 19 heavy (non-hydrogen) atoms. The number of anilines is 1. The number of pyridine rings is 1. The van der Waals surface area contributed by atoms with E-state index in [1.54, 1.807) is 0 Å². The van der Waals surface area contributed by atoms with Crippen LogP contribution in [0.4, 0.5) is 5.82 Å². The second-order valence-electron chi connectivity index (χ2n) is 5.47. The first-order valence-corrected chi connectivity index (χ1v) is 6.90. The molecule has 1 aromatic heterocycles. The van der Waals surface area contributed by atoms with Crippen molar-refractivity contribution in [2.75, 3.05) is 5.32 Å². The molecule has 3 N–H and O–H groups in total. The SMILES string of the molecule is Cc1cc(C)nc(NC(=O)C(C)CCCC(C)N)c1. The number of nitrogens with zero attached hydrogens (tertiary/aromatic N) is 1. The molecule has 0 bridgehead atoms. The second kappa shape index (κ2) is 7.24. The van der Waals surface area contributed by atoms with Crippen molar-refractivity contribution in [1.82, 2.24) is 4.98 Å². The van der Waals surface area contributed by atoms with Gasteiger partial charge in [0.25, 0.3) is 0 Å². The maximum atomic E-state index is 12.0. The average molecular weight is 263 g/mol. The Morgan fingerprint density at radius 3 is 2.58 bits per heavy atom. The van der Waals surface area contributed by atoms with Gasteiger partial charge < -0.3 is 11.1 Å². The van der Waals surface area contributed by atoms with Gasteiger partial charge in [0.1, 0.15) is 5.82 Å². The summed E-state index contributed by atoms with van der Waals surface area (Å²) < 4.78 is 0. The lowest BCUT2D eigenvalue weighted by atomic mass is 10.0. The van der Waals surface area contributed by atoms with E-state index in [9.17, 15) is 4.79 Å². The number of aromatic nitrogens is 1. The Labute approximate surface area is 115 Å². The van der Waals surface area contributed by atoms with E-state index in [4.69, 9.17) is 5.73 Å². The van der Waals surface area contributed by atoms with E-state index in [-0.39, 0.29) is 17.9 Å². The van der Waals surface area contributed by atoms with Crippen molar-refractivity contribution in [2.45, 2.75) is 53.0 Å². The third-order valence-electron chi connectivity index (χ3n) is 3.09. The fourth-order valence-electron chi connectivity index (χ4n) is 2.03. The zero-order valence-corrected chi connectivity index (χ0v) is 12.4. The molecule has 0 saturated heterocycles. The predicted molar refractivity (Wildman–Crippen MR) is 79.0 cm³/mol. The average Bonchev–Trinajstić information content (AvgIpc) is 2.26. The first kappa shape index (κ1) is 15.6. The summed E-state index contributed by atoms with van der Waals surface area (Å²) in [6, 6.07) is 4.08. The Morgan fingerprint density at radius 2 is 2.00 bits per heavy atom. The molecule has 106 valence electrons. The first-order chi connectivity index (χ1) is 8.88. The smallest absolute Gasteiger partial charge is 0.228 e. The topological polar surface area (TPSA) is 68.0 Å². The number of nitrogens with two attached hydrogens (primary N) is 1. The molecule has 2 unspecified atom stereocenters. The van der Waals surface area contributed by atoms with Crippen LogP contribution in [0, 0.1) is 19.8 Å². The molecular formula is C15H25N3O. The maximum absolute atomic E-state index is 12.0. The number of aryl methyl sites for hydroxylation is 2. The molecule has 4 nitrogen and oxygen atoms in total. The number of amides is 1. The fourth-order valence-corrected chi connectivity index (χ4v) is 2.03. The highest BCUT2D eigenvalue weighted by molar-refractivity contribution is 5.91. The van der Waals surface area contributed by atoms with E-state index in [2.05, 4.69) is 10.3 Å². The van der Waals surface area contributed by atoms with Crippen LogP contribution in [0.2, 0.25) is 0 Å². The normalized spacial score (nSPS) is 13.9. The summed E-state index contributed by atoms with van der Waals surface area (Å²) in [7, 11) is 0. The Morgan fingerprint density at radius 1 is 1.32 bits per heavy atom. The fraction of sp³-hybridized carbons (Fsp3) is 0.600. The Kier molecular flexibility index (Phi) is 5.96. The zero-order chi connectivity index (χ0) is 14.4. The van der Waals surface area contributed by atoms with Crippen LogP contribution < -0.4 is 11.1 Å². The van der Waals surface area contributed by atoms with Crippen molar-refractivity contribution >= 4 is 11.7 Å². The van der Waals surface area contributed by atoms with E-state index in [0.717, 1.165) is 30.5 Å². The summed E-state index contributed by atoms with van der Waals surface area (Å²) in [6.45, 7) is 7.86. The number of carbonyl (C=O) groups excluding carboxylic acids is 1. The molecular weight excluding hydrogens is 238 g/mol. The van der Waals surface area contributed by atoms with E-state index in [1.807, 2.05) is 39.8 Å². The van der Waals surface area contributed by atoms with Crippen LogP contribution in [0.25, 0.3) is 0 Å². The monoisotopic (exact) mass is 263 g/mol. The van der Waals surface area contributed by atoms with Crippen LogP contribution >= 0.6 is 0 Å².